The number of H-pyrrole nitrogens is 1. The van der Waals surface area contributed by atoms with Crippen molar-refractivity contribution < 1.29 is 13.9 Å². The molecule has 174 valence electrons. The number of aryl methyl sites for hydroxylation is 1. The highest BCUT2D eigenvalue weighted by atomic mass is 35.5. The molecular formula is C23H26ClFN6O2. The van der Waals surface area contributed by atoms with E-state index in [9.17, 15) is 9.18 Å². The molecule has 0 spiro atoms. The lowest BCUT2D eigenvalue weighted by atomic mass is 10.0. The Morgan fingerprint density at radius 1 is 1.24 bits per heavy atom. The van der Waals surface area contributed by atoms with Gasteiger partial charge in [0.2, 0.25) is 0 Å². The van der Waals surface area contributed by atoms with Gasteiger partial charge in [0.05, 0.1) is 29.9 Å². The number of morpholine rings is 1. The maximum absolute atomic E-state index is 13.5. The number of rotatable bonds is 4. The molecule has 10 heteroatoms. The average molecular weight is 473 g/mol. The number of nitrogens with zero attached hydrogens (tertiary/aromatic N) is 4. The largest absolute Gasteiger partial charge is 0.379 e. The lowest BCUT2D eigenvalue weighted by Gasteiger charge is -2.40. The molecule has 1 aromatic carbocycles. The highest BCUT2D eigenvalue weighted by molar-refractivity contribution is 6.31. The van der Waals surface area contributed by atoms with E-state index in [0.717, 1.165) is 63.2 Å². The molecule has 5 rings (SSSR count). The topological polar surface area (TPSA) is 86.4 Å². The van der Waals surface area contributed by atoms with Crippen molar-refractivity contribution in [2.75, 3.05) is 44.7 Å². The Bertz CT molecular complexity index is 1170. The fourth-order valence-corrected chi connectivity index (χ4v) is 4.94. The summed E-state index contributed by atoms with van der Waals surface area (Å²) in [6.45, 7) is 6.86. The minimum absolute atomic E-state index is 0.0140. The highest BCUT2D eigenvalue weighted by Crippen LogP contribution is 2.31. The van der Waals surface area contributed by atoms with Crippen LogP contribution in [0.2, 0.25) is 5.02 Å². The number of likely N-dealkylation sites (tertiary alicyclic amines) is 1. The number of aromatic amines is 1. The van der Waals surface area contributed by atoms with Crippen molar-refractivity contribution in [1.29, 1.82) is 0 Å². The standard InChI is InChI=1S/C23H26ClFN6O2/c1-14-20-19(13-26-29-22(20)27-15-2-3-18(25)17(24)12-15)28-21(14)23(32)31-6-4-16(5-7-31)30-8-10-33-11-9-30/h2-3,12-13,16,28H,4-11H2,1H3,(H,27,29). The molecule has 2 saturated heterocycles. The average Bonchev–Trinajstić information content (AvgIpc) is 3.19. The van der Waals surface area contributed by atoms with Gasteiger partial charge in [0.15, 0.2) is 5.82 Å². The first-order chi connectivity index (χ1) is 16.0. The van der Waals surface area contributed by atoms with Gasteiger partial charge in [-0.25, -0.2) is 4.39 Å². The third-order valence-corrected chi connectivity index (χ3v) is 6.86. The van der Waals surface area contributed by atoms with Gasteiger partial charge in [-0.1, -0.05) is 11.6 Å². The maximum Gasteiger partial charge on any atom is 0.270 e. The molecule has 3 aromatic rings. The number of fused-ring (bicyclic) bond motifs is 1. The van der Waals surface area contributed by atoms with Crippen LogP contribution in [0.25, 0.3) is 10.9 Å². The van der Waals surface area contributed by atoms with Crippen molar-refractivity contribution in [1.82, 2.24) is 25.0 Å². The lowest BCUT2D eigenvalue weighted by molar-refractivity contribution is 0.00153. The summed E-state index contributed by atoms with van der Waals surface area (Å²) in [5, 5.41) is 12.2. The van der Waals surface area contributed by atoms with Gasteiger partial charge in [-0.15, -0.1) is 5.10 Å². The van der Waals surface area contributed by atoms with Crippen molar-refractivity contribution in [3.8, 4) is 0 Å². The van der Waals surface area contributed by atoms with Crippen LogP contribution in [0.4, 0.5) is 15.9 Å². The SMILES string of the molecule is Cc1c(C(=O)N2CCC(N3CCOCC3)CC2)[nH]c2cnnc(Nc3ccc(F)c(Cl)c3)c12. The fraction of sp³-hybridized carbons (Fsp3) is 0.435. The molecule has 2 aromatic heterocycles. The summed E-state index contributed by atoms with van der Waals surface area (Å²) < 4.78 is 19.0. The van der Waals surface area contributed by atoms with E-state index in [1.165, 1.54) is 12.1 Å². The van der Waals surface area contributed by atoms with Crippen LogP contribution in [0.15, 0.2) is 24.4 Å². The Balaban J connectivity index is 1.34. The molecule has 0 unspecified atom stereocenters. The zero-order chi connectivity index (χ0) is 22.9. The van der Waals surface area contributed by atoms with Gasteiger partial charge in [0.25, 0.3) is 5.91 Å². The van der Waals surface area contributed by atoms with Gasteiger partial charge in [-0.05, 0) is 43.5 Å². The Labute approximate surface area is 196 Å². The molecule has 2 aliphatic heterocycles. The molecule has 4 heterocycles. The number of hydrogen-bond acceptors (Lipinski definition) is 6. The van der Waals surface area contributed by atoms with Crippen LogP contribution in [-0.4, -0.2) is 76.3 Å². The fourth-order valence-electron chi connectivity index (χ4n) is 4.76. The van der Waals surface area contributed by atoms with Crippen LogP contribution >= 0.6 is 11.6 Å². The van der Waals surface area contributed by atoms with Crippen LogP contribution in [0, 0.1) is 12.7 Å². The summed E-state index contributed by atoms with van der Waals surface area (Å²) >= 11 is 5.90. The van der Waals surface area contributed by atoms with E-state index >= 15 is 0 Å². The molecule has 2 aliphatic rings. The number of carbonyl (C=O) groups excluding carboxylic acids is 1. The number of ether oxygens (including phenoxy) is 1. The van der Waals surface area contributed by atoms with Gasteiger partial charge in [-0.2, -0.15) is 5.10 Å². The van der Waals surface area contributed by atoms with E-state index < -0.39 is 5.82 Å². The molecule has 0 atom stereocenters. The van der Waals surface area contributed by atoms with Gasteiger partial charge < -0.3 is 19.9 Å². The van der Waals surface area contributed by atoms with Gasteiger partial charge in [0, 0.05) is 43.3 Å². The lowest BCUT2D eigenvalue weighted by Crippen LogP contribution is -2.50. The van der Waals surface area contributed by atoms with Gasteiger partial charge in [-0.3, -0.25) is 9.69 Å². The Morgan fingerprint density at radius 2 is 2.00 bits per heavy atom. The Hall–Kier alpha value is -2.75. The minimum atomic E-state index is -0.491. The molecule has 0 radical (unpaired) electrons. The number of anilines is 2. The van der Waals surface area contributed by atoms with E-state index in [-0.39, 0.29) is 10.9 Å². The van der Waals surface area contributed by atoms with Crippen LogP contribution < -0.4 is 5.32 Å². The molecule has 0 bridgehead atoms. The summed E-state index contributed by atoms with van der Waals surface area (Å²) in [5.74, 6) is -0.0245. The van der Waals surface area contributed by atoms with Crippen LogP contribution in [-0.2, 0) is 4.74 Å². The molecule has 2 fully saturated rings. The van der Waals surface area contributed by atoms with E-state index in [1.807, 2.05) is 11.8 Å². The van der Waals surface area contributed by atoms with Crippen molar-refractivity contribution in [3.05, 3.63) is 46.5 Å². The molecule has 2 N–H and O–H groups in total. The summed E-state index contributed by atoms with van der Waals surface area (Å²) in [6.07, 6.45) is 3.53. The molecule has 0 aliphatic carbocycles. The first kappa shape index (κ1) is 22.1. The summed E-state index contributed by atoms with van der Waals surface area (Å²) in [6, 6.07) is 4.87. The molecule has 8 nitrogen and oxygen atoms in total. The smallest absolute Gasteiger partial charge is 0.270 e. The number of carbonyl (C=O) groups is 1. The number of halogens is 2. The maximum atomic E-state index is 13.5. The second-order valence-corrected chi connectivity index (χ2v) is 8.94. The van der Waals surface area contributed by atoms with Crippen molar-refractivity contribution in [3.63, 3.8) is 0 Å². The zero-order valence-electron chi connectivity index (χ0n) is 18.4. The summed E-state index contributed by atoms with van der Waals surface area (Å²) in [7, 11) is 0. The number of hydrogen-bond donors (Lipinski definition) is 2. The molecular weight excluding hydrogens is 447 g/mol. The van der Waals surface area contributed by atoms with Gasteiger partial charge in [0.1, 0.15) is 11.5 Å². The summed E-state index contributed by atoms with van der Waals surface area (Å²) in [5.41, 5.74) is 2.65. The van der Waals surface area contributed by atoms with E-state index in [1.54, 1.807) is 12.3 Å². The number of piperidine rings is 1. The number of nitrogens with one attached hydrogen (secondary N) is 2. The Kier molecular flexibility index (Phi) is 6.18. The van der Waals surface area contributed by atoms with Crippen LogP contribution in [0.5, 0.6) is 0 Å². The first-order valence-electron chi connectivity index (χ1n) is 11.2. The second kappa shape index (κ2) is 9.24. The number of amides is 1. The molecule has 33 heavy (non-hydrogen) atoms. The second-order valence-electron chi connectivity index (χ2n) is 8.53. The minimum Gasteiger partial charge on any atom is -0.379 e. The number of benzene rings is 1. The predicted octanol–water partition coefficient (Wildman–Crippen LogP) is 3.74. The zero-order valence-corrected chi connectivity index (χ0v) is 19.2. The Morgan fingerprint density at radius 3 is 2.73 bits per heavy atom. The number of aromatic nitrogens is 3. The molecule has 1 amide bonds. The van der Waals surface area contributed by atoms with Gasteiger partial charge >= 0.3 is 0 Å². The van der Waals surface area contributed by atoms with Crippen molar-refractivity contribution >= 4 is 39.9 Å². The normalized spacial score (nSPS) is 18.1. The monoisotopic (exact) mass is 472 g/mol. The van der Waals surface area contributed by atoms with E-state index in [0.29, 0.717) is 28.8 Å². The van der Waals surface area contributed by atoms with Crippen molar-refractivity contribution in [2.24, 2.45) is 0 Å². The molecule has 0 saturated carbocycles. The van der Waals surface area contributed by atoms with Crippen molar-refractivity contribution in [2.45, 2.75) is 25.8 Å². The van der Waals surface area contributed by atoms with Crippen LogP contribution in [0.1, 0.15) is 28.9 Å². The first-order valence-corrected chi connectivity index (χ1v) is 11.6. The third-order valence-electron chi connectivity index (χ3n) is 6.57. The van der Waals surface area contributed by atoms with E-state index in [2.05, 4.69) is 25.4 Å². The van der Waals surface area contributed by atoms with E-state index in [4.69, 9.17) is 16.3 Å². The summed E-state index contributed by atoms with van der Waals surface area (Å²) in [4.78, 5) is 21.0. The predicted molar refractivity (Wildman–Crippen MR) is 125 cm³/mol. The van der Waals surface area contributed by atoms with Crippen LogP contribution in [0.3, 0.4) is 0 Å². The third kappa shape index (κ3) is 4.40. The highest BCUT2D eigenvalue weighted by Gasteiger charge is 2.30. The quantitative estimate of drug-likeness (QED) is 0.601.